The number of hydrogen-bond donors (Lipinski definition) is 2. The maximum absolute atomic E-state index is 10.5. The van der Waals surface area contributed by atoms with Gasteiger partial charge in [0.1, 0.15) is 10.9 Å². The van der Waals surface area contributed by atoms with E-state index in [4.69, 9.17) is 11.1 Å². The van der Waals surface area contributed by atoms with Gasteiger partial charge in [0.25, 0.3) is 5.69 Å². The van der Waals surface area contributed by atoms with Crippen molar-refractivity contribution in [3.05, 3.63) is 58.3 Å². The second kappa shape index (κ2) is 5.49. The molecule has 1 aromatic carbocycles. The van der Waals surface area contributed by atoms with Gasteiger partial charge < -0.3 is 5.73 Å². The molecule has 1 heterocycles. The normalized spacial score (nSPS) is 10.1. The van der Waals surface area contributed by atoms with E-state index in [1.807, 2.05) is 0 Å². The molecule has 0 bridgehead atoms. The number of hydrogen-bond acceptors (Lipinski definition) is 5. The molecular formula is C12H10N4O2S. The van der Waals surface area contributed by atoms with Crippen molar-refractivity contribution in [2.45, 2.75) is 9.92 Å². The first-order valence-corrected chi connectivity index (χ1v) is 6.10. The molecule has 0 radical (unpaired) electrons. The molecule has 3 N–H and O–H groups in total. The minimum atomic E-state index is -0.436. The van der Waals surface area contributed by atoms with Crippen molar-refractivity contribution in [2.24, 2.45) is 5.73 Å². The molecule has 0 saturated carbocycles. The zero-order valence-electron chi connectivity index (χ0n) is 9.74. The topological polar surface area (TPSA) is 106 Å². The predicted molar refractivity (Wildman–Crippen MR) is 72.5 cm³/mol. The lowest BCUT2D eigenvalue weighted by Crippen LogP contribution is -2.10. The first-order chi connectivity index (χ1) is 9.06. The monoisotopic (exact) mass is 274 g/mol. The summed E-state index contributed by atoms with van der Waals surface area (Å²) in [5, 5.41) is 18.5. The molecule has 0 unspecified atom stereocenters. The summed E-state index contributed by atoms with van der Waals surface area (Å²) in [6.45, 7) is 0. The average Bonchev–Trinajstić information content (AvgIpc) is 2.40. The fraction of sp³-hybridized carbons (Fsp3) is 0. The summed E-state index contributed by atoms with van der Waals surface area (Å²) >= 11 is 1.38. The molecule has 0 aliphatic heterocycles. The number of nitrogens with zero attached hydrogens (tertiary/aromatic N) is 2. The maximum atomic E-state index is 10.5. The van der Waals surface area contributed by atoms with Crippen molar-refractivity contribution in [1.29, 1.82) is 5.41 Å². The summed E-state index contributed by atoms with van der Waals surface area (Å²) in [5.74, 6) is -0.0283. The van der Waals surface area contributed by atoms with Gasteiger partial charge in [-0.15, -0.1) is 0 Å². The predicted octanol–water partition coefficient (Wildman–Crippen LogP) is 2.43. The van der Waals surface area contributed by atoms with Crippen LogP contribution in [0.4, 0.5) is 5.69 Å². The van der Waals surface area contributed by atoms with E-state index in [2.05, 4.69) is 4.98 Å². The van der Waals surface area contributed by atoms with Crippen LogP contribution in [0.3, 0.4) is 0 Å². The van der Waals surface area contributed by atoms with Crippen molar-refractivity contribution in [3.8, 4) is 0 Å². The van der Waals surface area contributed by atoms with Gasteiger partial charge in [0.2, 0.25) is 0 Å². The molecule has 0 amide bonds. The number of pyridine rings is 1. The lowest BCUT2D eigenvalue weighted by Gasteiger charge is -2.02. The number of nitrogens with one attached hydrogen (secondary N) is 1. The van der Waals surface area contributed by atoms with E-state index < -0.39 is 4.92 Å². The highest BCUT2D eigenvalue weighted by Crippen LogP contribution is 2.27. The van der Waals surface area contributed by atoms with Crippen molar-refractivity contribution >= 4 is 23.3 Å². The van der Waals surface area contributed by atoms with Gasteiger partial charge in [-0.2, -0.15) is 0 Å². The Morgan fingerprint density at radius 2 is 1.95 bits per heavy atom. The van der Waals surface area contributed by atoms with E-state index in [0.717, 1.165) is 9.92 Å². The smallest absolute Gasteiger partial charge is 0.269 e. The summed E-state index contributed by atoms with van der Waals surface area (Å²) in [4.78, 5) is 15.1. The van der Waals surface area contributed by atoms with Crippen LogP contribution in [-0.2, 0) is 0 Å². The van der Waals surface area contributed by atoms with Crippen LogP contribution < -0.4 is 5.73 Å². The molecule has 0 saturated heterocycles. The molecule has 19 heavy (non-hydrogen) atoms. The van der Waals surface area contributed by atoms with Gasteiger partial charge in [-0.3, -0.25) is 15.5 Å². The molecule has 96 valence electrons. The molecule has 1 aromatic heterocycles. The minimum absolute atomic E-state index is 0.0283. The Morgan fingerprint density at radius 3 is 2.42 bits per heavy atom. The van der Waals surface area contributed by atoms with E-state index in [-0.39, 0.29) is 11.5 Å². The van der Waals surface area contributed by atoms with Gasteiger partial charge in [0, 0.05) is 28.8 Å². The number of nitrogens with two attached hydrogens (primary N) is 1. The largest absolute Gasteiger partial charge is 0.384 e. The second-order valence-corrected chi connectivity index (χ2v) is 4.75. The Bertz CT molecular complexity index is 555. The lowest BCUT2D eigenvalue weighted by molar-refractivity contribution is -0.384. The van der Waals surface area contributed by atoms with Gasteiger partial charge in [-0.1, -0.05) is 11.8 Å². The second-order valence-electron chi connectivity index (χ2n) is 3.65. The number of rotatable bonds is 4. The number of nitrogen functional groups attached to an aromatic ring is 1. The molecule has 0 aliphatic carbocycles. The van der Waals surface area contributed by atoms with E-state index in [9.17, 15) is 10.1 Å². The van der Waals surface area contributed by atoms with Crippen LogP contribution >= 0.6 is 11.8 Å². The zero-order chi connectivity index (χ0) is 13.8. The zero-order valence-corrected chi connectivity index (χ0v) is 10.6. The number of aromatic nitrogens is 1. The summed E-state index contributed by atoms with van der Waals surface area (Å²) in [6, 6.07) is 9.71. The van der Waals surface area contributed by atoms with E-state index in [1.54, 1.807) is 24.3 Å². The molecule has 0 fully saturated rings. The molecule has 6 nitrogen and oxygen atoms in total. The van der Waals surface area contributed by atoms with Crippen molar-refractivity contribution in [2.75, 3.05) is 0 Å². The van der Waals surface area contributed by atoms with Gasteiger partial charge >= 0.3 is 0 Å². The van der Waals surface area contributed by atoms with Crippen molar-refractivity contribution in [3.63, 3.8) is 0 Å². The highest BCUT2D eigenvalue weighted by molar-refractivity contribution is 7.99. The minimum Gasteiger partial charge on any atom is -0.384 e. The van der Waals surface area contributed by atoms with Crippen LogP contribution in [0.5, 0.6) is 0 Å². The van der Waals surface area contributed by atoms with Crippen molar-refractivity contribution < 1.29 is 4.92 Å². The Labute approximate surface area is 113 Å². The molecule has 0 spiro atoms. The molecular weight excluding hydrogens is 264 g/mol. The Hall–Kier alpha value is -2.41. The van der Waals surface area contributed by atoms with E-state index in [1.165, 1.54) is 30.1 Å². The standard InChI is InChI=1S/C12H10N4O2S/c13-12(14)8-1-6-11(15-7-8)19-10-4-2-9(3-5-10)16(17)18/h1-7H,(H3,13,14). The quantitative estimate of drug-likeness (QED) is 0.385. The van der Waals surface area contributed by atoms with Crippen LogP contribution in [0, 0.1) is 15.5 Å². The third-order valence-corrected chi connectivity index (χ3v) is 3.28. The molecule has 7 heteroatoms. The van der Waals surface area contributed by atoms with E-state index in [0.29, 0.717) is 5.56 Å². The van der Waals surface area contributed by atoms with Gasteiger partial charge in [-0.05, 0) is 24.3 Å². The van der Waals surface area contributed by atoms with Crippen LogP contribution in [0.1, 0.15) is 5.56 Å². The van der Waals surface area contributed by atoms with Crippen LogP contribution in [0.2, 0.25) is 0 Å². The molecule has 0 atom stereocenters. The molecule has 2 aromatic rings. The number of benzene rings is 1. The number of nitro groups is 1. The Balaban J connectivity index is 2.12. The lowest BCUT2D eigenvalue weighted by atomic mass is 10.3. The third kappa shape index (κ3) is 3.29. The molecule has 0 aliphatic rings. The summed E-state index contributed by atoms with van der Waals surface area (Å²) in [6.07, 6.45) is 1.52. The maximum Gasteiger partial charge on any atom is 0.269 e. The number of nitro benzene ring substituents is 1. The first-order valence-electron chi connectivity index (χ1n) is 5.29. The number of non-ortho nitro benzene ring substituents is 1. The SMILES string of the molecule is N=C(N)c1ccc(Sc2ccc([N+](=O)[O-])cc2)nc1. The van der Waals surface area contributed by atoms with Gasteiger partial charge in [0.05, 0.1) is 4.92 Å². The van der Waals surface area contributed by atoms with E-state index >= 15 is 0 Å². The van der Waals surface area contributed by atoms with Crippen LogP contribution in [0.25, 0.3) is 0 Å². The fourth-order valence-corrected chi connectivity index (χ4v) is 2.11. The Morgan fingerprint density at radius 1 is 1.26 bits per heavy atom. The fourth-order valence-electron chi connectivity index (χ4n) is 1.36. The van der Waals surface area contributed by atoms with Crippen LogP contribution in [-0.4, -0.2) is 15.7 Å². The Kier molecular flexibility index (Phi) is 3.76. The molecule has 2 rings (SSSR count). The average molecular weight is 274 g/mol. The highest BCUT2D eigenvalue weighted by atomic mass is 32.2. The summed E-state index contributed by atoms with van der Waals surface area (Å²) in [7, 11) is 0. The van der Waals surface area contributed by atoms with Gasteiger partial charge in [-0.25, -0.2) is 4.98 Å². The first kappa shape index (κ1) is 13.0. The highest BCUT2D eigenvalue weighted by Gasteiger charge is 2.05. The van der Waals surface area contributed by atoms with Gasteiger partial charge in [0.15, 0.2) is 0 Å². The third-order valence-electron chi connectivity index (χ3n) is 2.32. The van der Waals surface area contributed by atoms with Crippen LogP contribution in [0.15, 0.2) is 52.5 Å². The summed E-state index contributed by atoms with van der Waals surface area (Å²) in [5.41, 5.74) is 5.96. The summed E-state index contributed by atoms with van der Waals surface area (Å²) < 4.78 is 0. The van der Waals surface area contributed by atoms with Crippen molar-refractivity contribution in [1.82, 2.24) is 4.98 Å². The number of amidine groups is 1.